The van der Waals surface area contributed by atoms with Crippen LogP contribution in [-0.4, -0.2) is 16.0 Å². The van der Waals surface area contributed by atoms with Crippen LogP contribution in [0.2, 0.25) is 0 Å². The van der Waals surface area contributed by atoms with E-state index in [1.807, 2.05) is 13.8 Å². The van der Waals surface area contributed by atoms with Gasteiger partial charge < -0.3 is 9.26 Å². The van der Waals surface area contributed by atoms with E-state index in [0.29, 0.717) is 34.9 Å². The molecule has 10 heteroatoms. The van der Waals surface area contributed by atoms with E-state index in [1.54, 1.807) is 29.6 Å². The topological polar surface area (TPSA) is 77.2 Å². The molecule has 0 fully saturated rings. The van der Waals surface area contributed by atoms with Gasteiger partial charge in [0, 0.05) is 16.5 Å². The number of carbonyl (C=O) groups is 1. The fourth-order valence-corrected chi connectivity index (χ4v) is 3.77. The van der Waals surface area contributed by atoms with E-state index >= 15 is 0 Å². The molecule has 0 aliphatic heterocycles. The van der Waals surface area contributed by atoms with Crippen LogP contribution in [-0.2, 0) is 12.8 Å². The Morgan fingerprint density at radius 2 is 1.91 bits per heavy atom. The molecule has 0 aliphatic rings. The molecule has 2 aromatic carbocycles. The van der Waals surface area contributed by atoms with E-state index in [0.717, 1.165) is 34.7 Å². The van der Waals surface area contributed by atoms with Gasteiger partial charge >= 0.3 is 6.18 Å². The molecule has 170 valence electrons. The first-order valence-electron chi connectivity index (χ1n) is 9.80. The summed E-state index contributed by atoms with van der Waals surface area (Å²) in [6.45, 7) is 3.94. The van der Waals surface area contributed by atoms with Crippen LogP contribution in [0.15, 0.2) is 58.4 Å². The zero-order valence-electron chi connectivity index (χ0n) is 17.6. The van der Waals surface area contributed by atoms with E-state index in [4.69, 9.17) is 9.26 Å². The predicted octanol–water partition coefficient (Wildman–Crippen LogP) is 6.27. The maximum Gasteiger partial charge on any atom is 0.416 e. The summed E-state index contributed by atoms with van der Waals surface area (Å²) in [6, 6.07) is 11.5. The maximum atomic E-state index is 12.9. The number of nitrogens with zero attached hydrogens (tertiary/aromatic N) is 2. The largest absolute Gasteiger partial charge is 0.489 e. The Morgan fingerprint density at radius 3 is 2.58 bits per heavy atom. The van der Waals surface area contributed by atoms with Crippen molar-refractivity contribution >= 4 is 22.4 Å². The smallest absolute Gasteiger partial charge is 0.416 e. The van der Waals surface area contributed by atoms with Crippen molar-refractivity contribution in [1.29, 1.82) is 0 Å². The first-order valence-corrected chi connectivity index (χ1v) is 10.7. The van der Waals surface area contributed by atoms with E-state index < -0.39 is 17.6 Å². The number of hydrogen-bond acceptors (Lipinski definition) is 6. The van der Waals surface area contributed by atoms with Crippen LogP contribution in [0.25, 0.3) is 11.3 Å². The Labute approximate surface area is 191 Å². The van der Waals surface area contributed by atoms with Gasteiger partial charge in [0.2, 0.25) is 0 Å². The number of ether oxygens (including phenoxy) is 1. The minimum Gasteiger partial charge on any atom is -0.489 e. The zero-order chi connectivity index (χ0) is 23.6. The van der Waals surface area contributed by atoms with Crippen molar-refractivity contribution in [3.63, 3.8) is 0 Å². The van der Waals surface area contributed by atoms with Gasteiger partial charge in [0.1, 0.15) is 18.1 Å². The standard InChI is InChI=1S/C23H18F3N3O3S/c1-13-19(14(2)32-29-13)11-31-18-8-6-15(7-9-18)21(30)28-22-27-20(12-33-22)16-4-3-5-17(10-16)23(24,25)26/h3-10,12H,11H2,1-2H3,(H,27,28,30). The summed E-state index contributed by atoms with van der Waals surface area (Å²) >= 11 is 1.13. The van der Waals surface area contributed by atoms with Crippen LogP contribution in [0.5, 0.6) is 5.75 Å². The molecule has 2 aromatic heterocycles. The normalized spacial score (nSPS) is 11.4. The number of thiazole rings is 1. The minimum absolute atomic E-state index is 0.283. The highest BCUT2D eigenvalue weighted by molar-refractivity contribution is 7.14. The van der Waals surface area contributed by atoms with Crippen LogP contribution < -0.4 is 10.1 Å². The number of carbonyl (C=O) groups excluding carboxylic acids is 1. The fourth-order valence-electron chi connectivity index (χ4n) is 3.05. The van der Waals surface area contributed by atoms with Gasteiger partial charge in [0.05, 0.1) is 22.5 Å². The van der Waals surface area contributed by atoms with Crippen molar-refractivity contribution in [3.8, 4) is 17.0 Å². The average molecular weight is 473 g/mol. The average Bonchev–Trinajstić information content (AvgIpc) is 3.38. The lowest BCUT2D eigenvalue weighted by Gasteiger charge is -2.07. The number of rotatable bonds is 6. The molecule has 0 aliphatic carbocycles. The number of anilines is 1. The summed E-state index contributed by atoms with van der Waals surface area (Å²) in [5.41, 5.74) is 1.94. The van der Waals surface area contributed by atoms with Crippen molar-refractivity contribution in [2.75, 3.05) is 5.32 Å². The first-order chi connectivity index (χ1) is 15.7. The highest BCUT2D eigenvalue weighted by Gasteiger charge is 2.30. The Kier molecular flexibility index (Phi) is 6.19. The molecule has 0 bridgehead atoms. The van der Waals surface area contributed by atoms with Crippen LogP contribution >= 0.6 is 11.3 Å². The van der Waals surface area contributed by atoms with Gasteiger partial charge in [-0.2, -0.15) is 13.2 Å². The van der Waals surface area contributed by atoms with Crippen molar-refractivity contribution in [2.45, 2.75) is 26.6 Å². The van der Waals surface area contributed by atoms with Crippen molar-refractivity contribution in [1.82, 2.24) is 10.1 Å². The number of nitrogens with one attached hydrogen (secondary N) is 1. The Balaban J connectivity index is 1.39. The summed E-state index contributed by atoms with van der Waals surface area (Å²) in [5.74, 6) is 0.876. The zero-order valence-corrected chi connectivity index (χ0v) is 18.4. The van der Waals surface area contributed by atoms with Crippen LogP contribution in [0, 0.1) is 13.8 Å². The van der Waals surface area contributed by atoms with Gasteiger partial charge in [0.15, 0.2) is 5.13 Å². The molecule has 4 aromatic rings. The van der Waals surface area contributed by atoms with Crippen molar-refractivity contribution in [3.05, 3.63) is 82.1 Å². The molecule has 6 nitrogen and oxygen atoms in total. The lowest BCUT2D eigenvalue weighted by molar-refractivity contribution is -0.137. The van der Waals surface area contributed by atoms with Crippen LogP contribution in [0.4, 0.5) is 18.3 Å². The molecule has 0 unspecified atom stereocenters. The Morgan fingerprint density at radius 1 is 1.15 bits per heavy atom. The summed E-state index contributed by atoms with van der Waals surface area (Å²) in [7, 11) is 0. The number of benzene rings is 2. The second-order valence-electron chi connectivity index (χ2n) is 7.19. The first kappa shape index (κ1) is 22.5. The summed E-state index contributed by atoms with van der Waals surface area (Å²) in [4.78, 5) is 16.8. The molecule has 0 radical (unpaired) electrons. The third-order valence-corrected chi connectivity index (χ3v) is 5.65. The molecule has 1 amide bonds. The molecular weight excluding hydrogens is 455 g/mol. The molecule has 4 rings (SSSR count). The summed E-state index contributed by atoms with van der Waals surface area (Å²) in [6.07, 6.45) is -4.44. The number of halogens is 3. The molecule has 0 spiro atoms. The molecular formula is C23H18F3N3O3S. The highest BCUT2D eigenvalue weighted by Crippen LogP contribution is 2.33. The van der Waals surface area contributed by atoms with E-state index in [9.17, 15) is 18.0 Å². The molecule has 33 heavy (non-hydrogen) atoms. The van der Waals surface area contributed by atoms with Crippen molar-refractivity contribution < 1.29 is 27.2 Å². The van der Waals surface area contributed by atoms with Gasteiger partial charge in [-0.15, -0.1) is 11.3 Å². The number of hydrogen-bond donors (Lipinski definition) is 1. The maximum absolute atomic E-state index is 12.9. The van der Waals surface area contributed by atoms with Gasteiger partial charge in [-0.25, -0.2) is 4.98 Å². The van der Waals surface area contributed by atoms with E-state index in [-0.39, 0.29) is 5.13 Å². The lowest BCUT2D eigenvalue weighted by Crippen LogP contribution is -2.11. The molecule has 0 saturated heterocycles. The van der Waals surface area contributed by atoms with Crippen molar-refractivity contribution in [2.24, 2.45) is 0 Å². The number of alkyl halides is 3. The van der Waals surface area contributed by atoms with Gasteiger partial charge in [0.25, 0.3) is 5.91 Å². The van der Waals surface area contributed by atoms with E-state index in [2.05, 4.69) is 15.5 Å². The molecule has 1 N–H and O–H groups in total. The highest BCUT2D eigenvalue weighted by atomic mass is 32.1. The summed E-state index contributed by atoms with van der Waals surface area (Å²) < 4.78 is 49.7. The van der Waals surface area contributed by atoms with E-state index in [1.165, 1.54) is 12.1 Å². The number of aryl methyl sites for hydroxylation is 2. The van der Waals surface area contributed by atoms with Crippen LogP contribution in [0.3, 0.4) is 0 Å². The number of amides is 1. The van der Waals surface area contributed by atoms with Gasteiger partial charge in [-0.05, 0) is 50.2 Å². The number of aromatic nitrogens is 2. The minimum atomic E-state index is -4.44. The second-order valence-corrected chi connectivity index (χ2v) is 8.04. The fraction of sp³-hybridized carbons (Fsp3) is 0.174. The Bertz CT molecular complexity index is 1260. The Hall–Kier alpha value is -3.66. The third kappa shape index (κ3) is 5.23. The van der Waals surface area contributed by atoms with Crippen LogP contribution in [0.1, 0.15) is 32.9 Å². The summed E-state index contributed by atoms with van der Waals surface area (Å²) in [5, 5.41) is 8.42. The molecule has 2 heterocycles. The quantitative estimate of drug-likeness (QED) is 0.357. The lowest BCUT2D eigenvalue weighted by atomic mass is 10.1. The van der Waals surface area contributed by atoms with Gasteiger partial charge in [-0.3, -0.25) is 10.1 Å². The molecule has 0 saturated carbocycles. The molecule has 0 atom stereocenters. The van der Waals surface area contributed by atoms with Gasteiger partial charge in [-0.1, -0.05) is 17.3 Å². The second kappa shape index (κ2) is 9.07. The predicted molar refractivity (Wildman–Crippen MR) is 117 cm³/mol. The SMILES string of the molecule is Cc1noc(C)c1COc1ccc(C(=O)Nc2nc(-c3cccc(C(F)(F)F)c3)cs2)cc1. The third-order valence-electron chi connectivity index (χ3n) is 4.89. The monoisotopic (exact) mass is 473 g/mol.